The molecule has 3 aromatic rings. The minimum atomic E-state index is -1.34. The number of hydrogen-bond acceptors (Lipinski definition) is 6. The molecule has 0 radical (unpaired) electrons. The smallest absolute Gasteiger partial charge is 0.323 e. The van der Waals surface area contributed by atoms with Gasteiger partial charge in [-0.05, 0) is 49.1 Å². The first-order chi connectivity index (χ1) is 19.2. The zero-order valence-electron chi connectivity index (χ0n) is 22.4. The number of carbonyl (C=O) groups excluding carboxylic acids is 4. The lowest BCUT2D eigenvalue weighted by atomic mass is 9.82. The van der Waals surface area contributed by atoms with E-state index < -0.39 is 36.2 Å². The van der Waals surface area contributed by atoms with Gasteiger partial charge in [0, 0.05) is 41.5 Å². The molecule has 210 valence electrons. The summed E-state index contributed by atoms with van der Waals surface area (Å²) in [6, 6.07) is 10.3. The van der Waals surface area contributed by atoms with Gasteiger partial charge in [-0.1, -0.05) is 25.3 Å². The van der Waals surface area contributed by atoms with E-state index >= 15 is 0 Å². The Bertz CT molecular complexity index is 1440. The number of amides is 3. The average molecular weight is 549 g/mol. The maximum absolute atomic E-state index is 13.7. The van der Waals surface area contributed by atoms with Crippen molar-refractivity contribution >= 4 is 51.8 Å². The van der Waals surface area contributed by atoms with E-state index in [2.05, 4.69) is 15.6 Å². The fourth-order valence-electron chi connectivity index (χ4n) is 5.26. The zero-order chi connectivity index (χ0) is 28.8. The summed E-state index contributed by atoms with van der Waals surface area (Å²) in [6.07, 6.45) is 5.21. The predicted molar refractivity (Wildman–Crippen MR) is 148 cm³/mol. The van der Waals surface area contributed by atoms with E-state index in [0.29, 0.717) is 40.9 Å². The Morgan fingerprint density at radius 2 is 1.73 bits per heavy atom. The van der Waals surface area contributed by atoms with Crippen LogP contribution in [-0.2, 0) is 19.2 Å². The minimum Gasteiger partial charge on any atom is -0.497 e. The number of ketones is 1. The van der Waals surface area contributed by atoms with Crippen molar-refractivity contribution in [2.45, 2.75) is 45.1 Å². The lowest BCUT2D eigenvalue weighted by Crippen LogP contribution is -2.55. The molecule has 2 aromatic carbocycles. The van der Waals surface area contributed by atoms with E-state index in [0.717, 1.165) is 24.2 Å². The highest BCUT2D eigenvalue weighted by molar-refractivity contribution is 6.45. The molecule has 1 atom stereocenters. The maximum atomic E-state index is 13.7. The van der Waals surface area contributed by atoms with Crippen molar-refractivity contribution in [3.8, 4) is 5.75 Å². The van der Waals surface area contributed by atoms with Gasteiger partial charge in [-0.25, -0.2) is 0 Å². The topological polar surface area (TPSA) is 158 Å². The fourth-order valence-corrected chi connectivity index (χ4v) is 5.26. The SMILES string of the molecule is COc1ccc2c(C(=O)C(=O)N(CC(=O)O)C(C(=O)Nc3cccc(NC(C)=O)c3)C3CCCCC3)c[nH]c2c1. The molecule has 1 unspecified atom stereocenters. The molecule has 11 nitrogen and oxygen atoms in total. The third-order valence-electron chi connectivity index (χ3n) is 7.05. The second kappa shape index (κ2) is 12.5. The van der Waals surface area contributed by atoms with Crippen molar-refractivity contribution in [3.63, 3.8) is 0 Å². The number of H-pyrrole nitrogens is 1. The average Bonchev–Trinajstić information content (AvgIpc) is 3.35. The van der Waals surface area contributed by atoms with Crippen LogP contribution in [-0.4, -0.2) is 64.2 Å². The summed E-state index contributed by atoms with van der Waals surface area (Å²) < 4.78 is 5.21. The van der Waals surface area contributed by atoms with Gasteiger partial charge in [0.2, 0.25) is 11.8 Å². The molecule has 1 aromatic heterocycles. The maximum Gasteiger partial charge on any atom is 0.323 e. The lowest BCUT2D eigenvalue weighted by Gasteiger charge is -2.36. The number of nitrogens with one attached hydrogen (secondary N) is 3. The van der Waals surface area contributed by atoms with E-state index in [9.17, 15) is 29.1 Å². The number of rotatable bonds is 10. The van der Waals surface area contributed by atoms with Gasteiger partial charge in [0.15, 0.2) is 0 Å². The van der Waals surface area contributed by atoms with Crippen molar-refractivity contribution in [2.24, 2.45) is 5.92 Å². The number of anilines is 2. The highest BCUT2D eigenvalue weighted by atomic mass is 16.5. The molecule has 1 aliphatic carbocycles. The molecule has 1 aliphatic rings. The highest BCUT2D eigenvalue weighted by Gasteiger charge is 2.40. The number of carboxylic acids is 1. The number of aromatic amines is 1. The van der Waals surface area contributed by atoms with Crippen molar-refractivity contribution in [1.82, 2.24) is 9.88 Å². The van der Waals surface area contributed by atoms with Crippen LogP contribution in [0.1, 0.15) is 49.4 Å². The molecule has 1 fully saturated rings. The van der Waals surface area contributed by atoms with Crippen molar-refractivity contribution < 1.29 is 33.8 Å². The van der Waals surface area contributed by atoms with E-state index in [1.165, 1.54) is 20.2 Å². The Morgan fingerprint density at radius 1 is 1.02 bits per heavy atom. The van der Waals surface area contributed by atoms with Crippen LogP contribution in [0.4, 0.5) is 11.4 Å². The largest absolute Gasteiger partial charge is 0.497 e. The van der Waals surface area contributed by atoms with E-state index in [1.54, 1.807) is 42.5 Å². The monoisotopic (exact) mass is 548 g/mol. The van der Waals surface area contributed by atoms with Crippen LogP contribution < -0.4 is 15.4 Å². The summed E-state index contributed by atoms with van der Waals surface area (Å²) in [7, 11) is 1.51. The number of aromatic nitrogens is 1. The number of ether oxygens (including phenoxy) is 1. The summed E-state index contributed by atoms with van der Waals surface area (Å²) in [4.78, 5) is 68.2. The second-order valence-corrected chi connectivity index (χ2v) is 9.86. The van der Waals surface area contributed by atoms with Gasteiger partial charge in [0.05, 0.1) is 12.7 Å². The number of Topliss-reactive ketones (excluding diaryl/α,β-unsaturated/α-hetero) is 1. The third kappa shape index (κ3) is 6.48. The Labute approximate surface area is 230 Å². The number of carboxylic acid groups (broad SMARTS) is 1. The number of carbonyl (C=O) groups is 5. The Kier molecular flexibility index (Phi) is 8.83. The third-order valence-corrected chi connectivity index (χ3v) is 7.05. The van der Waals surface area contributed by atoms with Crippen LogP contribution in [0.15, 0.2) is 48.7 Å². The molecule has 1 heterocycles. The summed E-state index contributed by atoms with van der Waals surface area (Å²) in [6.45, 7) is 0.544. The molecule has 3 amide bonds. The summed E-state index contributed by atoms with van der Waals surface area (Å²) in [5.41, 5.74) is 1.46. The first-order valence-corrected chi connectivity index (χ1v) is 13.1. The van der Waals surface area contributed by atoms with Crippen LogP contribution in [0.2, 0.25) is 0 Å². The quantitative estimate of drug-likeness (QED) is 0.221. The standard InChI is InChI=1S/C29H32N4O7/c1-17(34)31-19-9-6-10-20(13-19)32-28(38)26(18-7-4-3-5-8-18)33(16-25(35)36)29(39)27(37)23-15-30-24-14-21(40-2)11-12-22(23)24/h6,9-15,18,26,30H,3-5,7-8,16H2,1-2H3,(H,31,34)(H,32,38)(H,35,36). The second-order valence-electron chi connectivity index (χ2n) is 9.86. The molecule has 1 saturated carbocycles. The summed E-state index contributed by atoms with van der Waals surface area (Å²) in [5.74, 6) is -3.99. The number of benzene rings is 2. The summed E-state index contributed by atoms with van der Waals surface area (Å²) in [5, 5.41) is 15.6. The Hall–Kier alpha value is -4.67. The van der Waals surface area contributed by atoms with Crippen LogP contribution in [0.5, 0.6) is 5.75 Å². The number of aliphatic carboxylic acids is 1. The van der Waals surface area contributed by atoms with E-state index in [4.69, 9.17) is 4.74 Å². The van der Waals surface area contributed by atoms with Gasteiger partial charge < -0.3 is 30.4 Å². The Balaban J connectivity index is 1.68. The van der Waals surface area contributed by atoms with Gasteiger partial charge in [-0.2, -0.15) is 0 Å². The van der Waals surface area contributed by atoms with Crippen LogP contribution >= 0.6 is 0 Å². The van der Waals surface area contributed by atoms with Gasteiger partial charge in [-0.3, -0.25) is 24.0 Å². The molecule has 0 bridgehead atoms. The first-order valence-electron chi connectivity index (χ1n) is 13.1. The van der Waals surface area contributed by atoms with Crippen LogP contribution in [0.25, 0.3) is 10.9 Å². The van der Waals surface area contributed by atoms with Crippen LogP contribution in [0.3, 0.4) is 0 Å². The van der Waals surface area contributed by atoms with Crippen molar-refractivity contribution in [2.75, 3.05) is 24.3 Å². The lowest BCUT2D eigenvalue weighted by molar-refractivity contribution is -0.147. The highest BCUT2D eigenvalue weighted by Crippen LogP contribution is 2.31. The Morgan fingerprint density at radius 3 is 2.38 bits per heavy atom. The summed E-state index contributed by atoms with van der Waals surface area (Å²) >= 11 is 0. The normalized spacial score (nSPS) is 14.2. The molecule has 4 rings (SSSR count). The minimum absolute atomic E-state index is 0.0730. The van der Waals surface area contributed by atoms with Crippen molar-refractivity contribution in [3.05, 3.63) is 54.2 Å². The van der Waals surface area contributed by atoms with E-state index in [-0.39, 0.29) is 17.4 Å². The zero-order valence-corrected chi connectivity index (χ0v) is 22.4. The molecule has 40 heavy (non-hydrogen) atoms. The molecule has 11 heteroatoms. The van der Waals surface area contributed by atoms with Crippen LogP contribution in [0, 0.1) is 5.92 Å². The molecule has 0 spiro atoms. The molecule has 4 N–H and O–H groups in total. The molecular weight excluding hydrogens is 516 g/mol. The number of hydrogen-bond donors (Lipinski definition) is 4. The molecular formula is C29H32N4O7. The number of fused-ring (bicyclic) bond motifs is 1. The number of nitrogens with zero attached hydrogens (tertiary/aromatic N) is 1. The molecule has 0 saturated heterocycles. The molecule has 0 aliphatic heterocycles. The van der Waals surface area contributed by atoms with Gasteiger partial charge in [-0.15, -0.1) is 0 Å². The van der Waals surface area contributed by atoms with E-state index in [1.807, 2.05) is 0 Å². The first kappa shape index (κ1) is 28.3. The van der Waals surface area contributed by atoms with Gasteiger partial charge >= 0.3 is 5.97 Å². The van der Waals surface area contributed by atoms with Crippen molar-refractivity contribution in [1.29, 1.82) is 0 Å². The number of methoxy groups -OCH3 is 1. The van der Waals surface area contributed by atoms with Gasteiger partial charge in [0.1, 0.15) is 18.3 Å². The van der Waals surface area contributed by atoms with Gasteiger partial charge in [0.25, 0.3) is 11.7 Å². The fraction of sp³-hybridized carbons (Fsp3) is 0.345. The predicted octanol–water partition coefficient (Wildman–Crippen LogP) is 3.82.